The Morgan fingerprint density at radius 3 is 2.92 bits per heavy atom. The average molecular weight is 167 g/mol. The summed E-state index contributed by atoms with van der Waals surface area (Å²) in [6.07, 6.45) is 2.99. The van der Waals surface area contributed by atoms with Crippen molar-refractivity contribution in [3.63, 3.8) is 0 Å². The molecule has 64 valence electrons. The van der Waals surface area contributed by atoms with Gasteiger partial charge in [0, 0.05) is 6.42 Å². The van der Waals surface area contributed by atoms with Crippen LogP contribution in [0, 0.1) is 10.1 Å². The van der Waals surface area contributed by atoms with Crippen molar-refractivity contribution in [3.05, 3.63) is 40.0 Å². The molecule has 0 saturated carbocycles. The minimum atomic E-state index is -0.520. The summed E-state index contributed by atoms with van der Waals surface area (Å²) in [6.45, 7) is 1.96. The first-order chi connectivity index (χ1) is 5.72. The monoisotopic (exact) mass is 167 g/mol. The smallest absolute Gasteiger partial charge is 0.238 e. The summed E-state index contributed by atoms with van der Waals surface area (Å²) >= 11 is 0. The van der Waals surface area contributed by atoms with E-state index in [4.69, 9.17) is 4.42 Å². The van der Waals surface area contributed by atoms with Crippen LogP contribution in [0.2, 0.25) is 0 Å². The third kappa shape index (κ3) is 2.23. The summed E-state index contributed by atoms with van der Waals surface area (Å²) in [7, 11) is 0. The lowest BCUT2D eigenvalue weighted by Crippen LogP contribution is -1.81. The predicted octanol–water partition coefficient (Wildman–Crippen LogP) is 2.09. The van der Waals surface area contributed by atoms with E-state index in [0.717, 1.165) is 18.4 Å². The number of nitro groups is 1. The highest BCUT2D eigenvalue weighted by molar-refractivity contribution is 5.41. The standard InChI is InChI=1S/C8H9NO3/c1-2-7-3-4-8(12-7)5-6-9(10)11/h3-6H,2H2,1H3. The van der Waals surface area contributed by atoms with Gasteiger partial charge in [-0.05, 0) is 12.1 Å². The maximum atomic E-state index is 9.93. The summed E-state index contributed by atoms with van der Waals surface area (Å²) in [5, 5.41) is 9.93. The molecule has 0 bridgehead atoms. The fourth-order valence-electron chi connectivity index (χ4n) is 0.808. The molecule has 4 nitrogen and oxygen atoms in total. The summed E-state index contributed by atoms with van der Waals surface area (Å²) in [6, 6.07) is 3.51. The minimum absolute atomic E-state index is 0.517. The molecule has 1 heterocycles. The van der Waals surface area contributed by atoms with Crippen molar-refractivity contribution >= 4 is 6.08 Å². The molecule has 0 saturated heterocycles. The van der Waals surface area contributed by atoms with Crippen LogP contribution in [0.1, 0.15) is 18.4 Å². The van der Waals surface area contributed by atoms with E-state index >= 15 is 0 Å². The van der Waals surface area contributed by atoms with Crippen molar-refractivity contribution in [3.8, 4) is 0 Å². The van der Waals surface area contributed by atoms with Crippen molar-refractivity contribution in [1.82, 2.24) is 0 Å². The summed E-state index contributed by atoms with van der Waals surface area (Å²) in [4.78, 5) is 9.41. The maximum absolute atomic E-state index is 9.93. The molecule has 1 aromatic heterocycles. The van der Waals surface area contributed by atoms with Crippen LogP contribution in [0.15, 0.2) is 22.7 Å². The molecule has 0 N–H and O–H groups in total. The molecule has 0 aliphatic rings. The van der Waals surface area contributed by atoms with Crippen LogP contribution < -0.4 is 0 Å². The Morgan fingerprint density at radius 1 is 1.67 bits per heavy atom. The Bertz CT molecular complexity index is 301. The minimum Gasteiger partial charge on any atom is -0.462 e. The van der Waals surface area contributed by atoms with Gasteiger partial charge in [-0.3, -0.25) is 10.1 Å². The molecular weight excluding hydrogens is 158 g/mol. The predicted molar refractivity (Wildman–Crippen MR) is 44.1 cm³/mol. The third-order valence-corrected chi connectivity index (χ3v) is 1.39. The Hall–Kier alpha value is -1.58. The zero-order chi connectivity index (χ0) is 8.97. The van der Waals surface area contributed by atoms with E-state index in [1.165, 1.54) is 6.08 Å². The number of rotatable bonds is 3. The van der Waals surface area contributed by atoms with Crippen LogP contribution in [0.25, 0.3) is 6.08 Å². The van der Waals surface area contributed by atoms with Gasteiger partial charge in [0.05, 0.1) is 11.0 Å². The van der Waals surface area contributed by atoms with Crippen molar-refractivity contribution in [2.75, 3.05) is 0 Å². The molecule has 0 aliphatic carbocycles. The van der Waals surface area contributed by atoms with E-state index in [2.05, 4.69) is 0 Å². The second-order valence-corrected chi connectivity index (χ2v) is 2.26. The molecule has 0 amide bonds. The first kappa shape index (κ1) is 8.52. The first-order valence-electron chi connectivity index (χ1n) is 3.62. The summed E-state index contributed by atoms with van der Waals surface area (Å²) in [5.74, 6) is 1.35. The number of hydrogen-bond donors (Lipinski definition) is 0. The van der Waals surface area contributed by atoms with Crippen LogP contribution in [0.3, 0.4) is 0 Å². The molecule has 0 spiro atoms. The van der Waals surface area contributed by atoms with Gasteiger partial charge in [-0.2, -0.15) is 0 Å². The fourth-order valence-corrected chi connectivity index (χ4v) is 0.808. The fraction of sp³-hybridized carbons (Fsp3) is 0.250. The van der Waals surface area contributed by atoms with E-state index < -0.39 is 4.92 Å². The van der Waals surface area contributed by atoms with Crippen LogP contribution in [0.4, 0.5) is 0 Å². The van der Waals surface area contributed by atoms with Crippen LogP contribution in [0.5, 0.6) is 0 Å². The lowest BCUT2D eigenvalue weighted by molar-refractivity contribution is -0.401. The van der Waals surface area contributed by atoms with E-state index in [1.807, 2.05) is 6.92 Å². The van der Waals surface area contributed by atoms with Gasteiger partial charge in [0.2, 0.25) is 6.20 Å². The molecule has 0 aliphatic heterocycles. The van der Waals surface area contributed by atoms with Gasteiger partial charge in [-0.25, -0.2) is 0 Å². The molecule has 0 aromatic carbocycles. The van der Waals surface area contributed by atoms with E-state index in [1.54, 1.807) is 12.1 Å². The summed E-state index contributed by atoms with van der Waals surface area (Å²) < 4.78 is 5.19. The largest absolute Gasteiger partial charge is 0.462 e. The molecule has 0 fully saturated rings. The number of aryl methyl sites for hydroxylation is 1. The molecule has 0 radical (unpaired) electrons. The van der Waals surface area contributed by atoms with Crippen LogP contribution >= 0.6 is 0 Å². The topological polar surface area (TPSA) is 56.3 Å². The Balaban J connectivity index is 2.70. The van der Waals surface area contributed by atoms with E-state index in [9.17, 15) is 10.1 Å². The van der Waals surface area contributed by atoms with Crippen molar-refractivity contribution in [1.29, 1.82) is 0 Å². The van der Waals surface area contributed by atoms with Gasteiger partial charge in [0.15, 0.2) is 0 Å². The van der Waals surface area contributed by atoms with Gasteiger partial charge in [-0.15, -0.1) is 0 Å². The Kier molecular flexibility index (Phi) is 2.63. The highest BCUT2D eigenvalue weighted by Gasteiger charge is 1.96. The van der Waals surface area contributed by atoms with Crippen molar-refractivity contribution in [2.45, 2.75) is 13.3 Å². The van der Waals surface area contributed by atoms with Gasteiger partial charge < -0.3 is 4.42 Å². The third-order valence-electron chi connectivity index (χ3n) is 1.39. The normalized spacial score (nSPS) is 10.8. The molecule has 1 rings (SSSR count). The van der Waals surface area contributed by atoms with Crippen LogP contribution in [-0.2, 0) is 6.42 Å². The van der Waals surface area contributed by atoms with Gasteiger partial charge in [0.25, 0.3) is 0 Å². The zero-order valence-corrected chi connectivity index (χ0v) is 6.69. The molecule has 0 unspecified atom stereocenters. The van der Waals surface area contributed by atoms with E-state index in [-0.39, 0.29) is 0 Å². The summed E-state index contributed by atoms with van der Waals surface area (Å²) in [5.41, 5.74) is 0. The molecule has 4 heteroatoms. The first-order valence-corrected chi connectivity index (χ1v) is 3.62. The zero-order valence-electron chi connectivity index (χ0n) is 6.69. The molecule has 12 heavy (non-hydrogen) atoms. The number of furan rings is 1. The van der Waals surface area contributed by atoms with Crippen LogP contribution in [-0.4, -0.2) is 4.92 Å². The molecular formula is C8H9NO3. The SMILES string of the molecule is CCc1ccc(C=C[N+](=O)[O-])o1. The van der Waals surface area contributed by atoms with Crippen molar-refractivity contribution < 1.29 is 9.34 Å². The number of hydrogen-bond acceptors (Lipinski definition) is 3. The lowest BCUT2D eigenvalue weighted by Gasteiger charge is -1.84. The van der Waals surface area contributed by atoms with Gasteiger partial charge in [0.1, 0.15) is 11.5 Å². The number of nitrogens with zero attached hydrogens (tertiary/aromatic N) is 1. The second kappa shape index (κ2) is 3.71. The quantitative estimate of drug-likeness (QED) is 0.511. The molecule has 0 atom stereocenters. The highest BCUT2D eigenvalue weighted by atomic mass is 16.6. The lowest BCUT2D eigenvalue weighted by atomic mass is 10.3. The Labute approximate surface area is 69.6 Å². The van der Waals surface area contributed by atoms with Crippen molar-refractivity contribution in [2.24, 2.45) is 0 Å². The highest BCUT2D eigenvalue weighted by Crippen LogP contribution is 2.09. The van der Waals surface area contributed by atoms with Gasteiger partial charge in [-0.1, -0.05) is 6.92 Å². The van der Waals surface area contributed by atoms with E-state index in [0.29, 0.717) is 5.76 Å². The average Bonchev–Trinajstić information content (AvgIpc) is 2.48. The Morgan fingerprint density at radius 2 is 2.42 bits per heavy atom. The second-order valence-electron chi connectivity index (χ2n) is 2.26. The van der Waals surface area contributed by atoms with Gasteiger partial charge >= 0.3 is 0 Å². The molecule has 1 aromatic rings. The maximum Gasteiger partial charge on any atom is 0.238 e.